The van der Waals surface area contributed by atoms with Crippen LogP contribution >= 0.6 is 0 Å². The first-order valence-corrected chi connectivity index (χ1v) is 4.54. The maximum Gasteiger partial charge on any atom is 0.231 e. The molecule has 1 atom stereocenters. The number of hydrogen-bond donors (Lipinski definition) is 1. The first-order chi connectivity index (χ1) is 6.79. The predicted molar refractivity (Wildman–Crippen MR) is 50.9 cm³/mol. The SMILES string of the molecule is CC(Cc1ccc2c(c1)OCO2)N=N. The summed E-state index contributed by atoms with van der Waals surface area (Å²) in [5, 5.41) is 3.46. The molecule has 1 N–H and O–H groups in total. The monoisotopic (exact) mass is 192 g/mol. The van der Waals surface area contributed by atoms with Crippen LogP contribution in [0.4, 0.5) is 0 Å². The number of nitrogens with one attached hydrogen (secondary N) is 1. The Kier molecular flexibility index (Phi) is 2.35. The van der Waals surface area contributed by atoms with Gasteiger partial charge < -0.3 is 9.47 Å². The minimum absolute atomic E-state index is 0.0235. The average Bonchev–Trinajstić information content (AvgIpc) is 2.64. The molecule has 2 rings (SSSR count). The lowest BCUT2D eigenvalue weighted by atomic mass is 10.1. The van der Waals surface area contributed by atoms with Gasteiger partial charge in [0, 0.05) is 0 Å². The molecule has 4 nitrogen and oxygen atoms in total. The van der Waals surface area contributed by atoms with Crippen molar-refractivity contribution in [3.05, 3.63) is 23.8 Å². The molecular formula is C10H12N2O2. The number of hydrogen-bond acceptors (Lipinski definition) is 4. The van der Waals surface area contributed by atoms with Crippen molar-refractivity contribution in [2.24, 2.45) is 5.11 Å². The summed E-state index contributed by atoms with van der Waals surface area (Å²) < 4.78 is 10.5. The van der Waals surface area contributed by atoms with Gasteiger partial charge in [0.1, 0.15) is 0 Å². The fourth-order valence-electron chi connectivity index (χ4n) is 1.45. The topological polar surface area (TPSA) is 54.7 Å². The third-order valence-corrected chi connectivity index (χ3v) is 2.19. The lowest BCUT2D eigenvalue weighted by molar-refractivity contribution is 0.174. The summed E-state index contributed by atoms with van der Waals surface area (Å²) in [4.78, 5) is 0. The molecule has 0 aliphatic carbocycles. The van der Waals surface area contributed by atoms with Crippen molar-refractivity contribution in [1.82, 2.24) is 0 Å². The van der Waals surface area contributed by atoms with Crippen molar-refractivity contribution >= 4 is 0 Å². The van der Waals surface area contributed by atoms with E-state index in [2.05, 4.69) is 5.11 Å². The van der Waals surface area contributed by atoms with E-state index >= 15 is 0 Å². The molecule has 0 aromatic heterocycles. The molecule has 74 valence electrons. The van der Waals surface area contributed by atoms with Gasteiger partial charge in [-0.3, -0.25) is 0 Å². The number of rotatable bonds is 3. The van der Waals surface area contributed by atoms with E-state index in [-0.39, 0.29) is 6.04 Å². The van der Waals surface area contributed by atoms with E-state index in [0.29, 0.717) is 6.79 Å². The Morgan fingerprint density at radius 3 is 3.00 bits per heavy atom. The molecule has 0 amide bonds. The molecule has 0 fully saturated rings. The van der Waals surface area contributed by atoms with Crippen LogP contribution in [-0.2, 0) is 6.42 Å². The van der Waals surface area contributed by atoms with E-state index in [0.717, 1.165) is 23.5 Å². The zero-order chi connectivity index (χ0) is 9.97. The third-order valence-electron chi connectivity index (χ3n) is 2.19. The van der Waals surface area contributed by atoms with Gasteiger partial charge in [0.15, 0.2) is 11.5 Å². The molecule has 0 spiro atoms. The minimum Gasteiger partial charge on any atom is -0.454 e. The highest BCUT2D eigenvalue weighted by atomic mass is 16.7. The Balaban J connectivity index is 2.16. The second-order valence-corrected chi connectivity index (χ2v) is 3.37. The standard InChI is InChI=1S/C10H12N2O2/c1-7(12-11)4-8-2-3-9-10(5-8)14-6-13-9/h2-3,5,7,11H,4,6H2,1H3. The Morgan fingerprint density at radius 1 is 1.43 bits per heavy atom. The summed E-state index contributed by atoms with van der Waals surface area (Å²) in [6.45, 7) is 2.22. The molecule has 1 heterocycles. The largest absolute Gasteiger partial charge is 0.454 e. The first-order valence-electron chi connectivity index (χ1n) is 4.54. The maximum atomic E-state index is 6.88. The molecule has 4 heteroatoms. The van der Waals surface area contributed by atoms with Crippen LogP contribution < -0.4 is 9.47 Å². The van der Waals surface area contributed by atoms with Crippen molar-refractivity contribution in [2.45, 2.75) is 19.4 Å². The molecule has 0 saturated carbocycles. The fourth-order valence-corrected chi connectivity index (χ4v) is 1.45. The summed E-state index contributed by atoms with van der Waals surface area (Å²) in [5.74, 6) is 1.59. The zero-order valence-electron chi connectivity index (χ0n) is 7.99. The van der Waals surface area contributed by atoms with Crippen LogP contribution in [0.1, 0.15) is 12.5 Å². The first kappa shape index (κ1) is 8.99. The van der Waals surface area contributed by atoms with Crippen LogP contribution in [0.2, 0.25) is 0 Å². The number of benzene rings is 1. The highest BCUT2D eigenvalue weighted by Crippen LogP contribution is 2.32. The van der Waals surface area contributed by atoms with Crippen molar-refractivity contribution in [3.63, 3.8) is 0 Å². The van der Waals surface area contributed by atoms with Gasteiger partial charge in [-0.1, -0.05) is 6.07 Å². The molecular weight excluding hydrogens is 180 g/mol. The lowest BCUT2D eigenvalue weighted by Crippen LogP contribution is -2.01. The van der Waals surface area contributed by atoms with E-state index in [1.54, 1.807) is 0 Å². The van der Waals surface area contributed by atoms with Crippen LogP contribution in [0, 0.1) is 5.53 Å². The Hall–Kier alpha value is -1.58. The molecule has 1 aromatic carbocycles. The molecule has 1 aliphatic rings. The predicted octanol–water partition coefficient (Wildman–Crippen LogP) is 2.38. The van der Waals surface area contributed by atoms with Gasteiger partial charge in [-0.15, -0.1) is 0 Å². The van der Waals surface area contributed by atoms with Gasteiger partial charge in [0.25, 0.3) is 0 Å². The Morgan fingerprint density at radius 2 is 2.21 bits per heavy atom. The van der Waals surface area contributed by atoms with Crippen LogP contribution in [0.3, 0.4) is 0 Å². The van der Waals surface area contributed by atoms with Crippen molar-refractivity contribution in [2.75, 3.05) is 6.79 Å². The highest BCUT2D eigenvalue weighted by molar-refractivity contribution is 5.44. The fraction of sp³-hybridized carbons (Fsp3) is 0.400. The summed E-state index contributed by atoms with van der Waals surface area (Å²) in [5.41, 5.74) is 8.00. The summed E-state index contributed by atoms with van der Waals surface area (Å²) in [7, 11) is 0. The van der Waals surface area contributed by atoms with Gasteiger partial charge >= 0.3 is 0 Å². The van der Waals surface area contributed by atoms with E-state index < -0.39 is 0 Å². The normalized spacial score (nSPS) is 15.2. The van der Waals surface area contributed by atoms with E-state index in [4.69, 9.17) is 15.0 Å². The second kappa shape index (κ2) is 3.65. The van der Waals surface area contributed by atoms with Crippen LogP contribution in [0.25, 0.3) is 0 Å². The van der Waals surface area contributed by atoms with Crippen molar-refractivity contribution in [3.8, 4) is 11.5 Å². The number of ether oxygens (including phenoxy) is 2. The third kappa shape index (κ3) is 1.69. The molecule has 0 saturated heterocycles. The second-order valence-electron chi connectivity index (χ2n) is 3.37. The lowest BCUT2D eigenvalue weighted by Gasteiger charge is -2.04. The quantitative estimate of drug-likeness (QED) is 0.747. The highest BCUT2D eigenvalue weighted by Gasteiger charge is 2.13. The Labute approximate surface area is 82.3 Å². The van der Waals surface area contributed by atoms with E-state index in [9.17, 15) is 0 Å². The van der Waals surface area contributed by atoms with Gasteiger partial charge in [-0.2, -0.15) is 5.11 Å². The van der Waals surface area contributed by atoms with Crippen LogP contribution in [0.5, 0.6) is 11.5 Å². The van der Waals surface area contributed by atoms with Gasteiger partial charge in [0.05, 0.1) is 6.04 Å². The van der Waals surface area contributed by atoms with Crippen molar-refractivity contribution in [1.29, 1.82) is 5.53 Å². The number of nitrogens with zero attached hydrogens (tertiary/aromatic N) is 1. The molecule has 1 aromatic rings. The average molecular weight is 192 g/mol. The van der Waals surface area contributed by atoms with Gasteiger partial charge in [0.2, 0.25) is 6.79 Å². The summed E-state index contributed by atoms with van der Waals surface area (Å²) in [6.07, 6.45) is 0.764. The summed E-state index contributed by atoms with van der Waals surface area (Å²) >= 11 is 0. The van der Waals surface area contributed by atoms with Gasteiger partial charge in [-0.25, -0.2) is 5.53 Å². The van der Waals surface area contributed by atoms with E-state index in [1.807, 2.05) is 25.1 Å². The molecule has 1 aliphatic heterocycles. The summed E-state index contributed by atoms with van der Waals surface area (Å²) in [6, 6.07) is 5.85. The Bertz CT molecular complexity index is 352. The minimum atomic E-state index is 0.0235. The smallest absolute Gasteiger partial charge is 0.231 e. The van der Waals surface area contributed by atoms with Gasteiger partial charge in [-0.05, 0) is 31.0 Å². The van der Waals surface area contributed by atoms with Crippen LogP contribution in [0.15, 0.2) is 23.3 Å². The molecule has 0 bridgehead atoms. The van der Waals surface area contributed by atoms with E-state index in [1.165, 1.54) is 0 Å². The molecule has 14 heavy (non-hydrogen) atoms. The zero-order valence-corrected chi connectivity index (χ0v) is 7.99. The van der Waals surface area contributed by atoms with Crippen molar-refractivity contribution < 1.29 is 9.47 Å². The molecule has 1 unspecified atom stereocenters. The number of fused-ring (bicyclic) bond motifs is 1. The molecule has 0 radical (unpaired) electrons. The van der Waals surface area contributed by atoms with Crippen LogP contribution in [-0.4, -0.2) is 12.8 Å². The maximum absolute atomic E-state index is 6.88.